The van der Waals surface area contributed by atoms with Crippen molar-refractivity contribution in [2.75, 3.05) is 19.8 Å². The molecule has 7 nitrogen and oxygen atoms in total. The maximum atomic E-state index is 10.4. The minimum Gasteiger partial charge on any atom is -0.491 e. The minimum atomic E-state index is -1.42. The number of benzene rings is 2. The first-order chi connectivity index (χ1) is 14.5. The van der Waals surface area contributed by atoms with Gasteiger partial charge >= 0.3 is 0 Å². The van der Waals surface area contributed by atoms with E-state index in [0.717, 1.165) is 23.5 Å². The van der Waals surface area contributed by atoms with Crippen molar-refractivity contribution in [1.29, 1.82) is 0 Å². The molecule has 0 amide bonds. The Bertz CT molecular complexity index is 853. The summed E-state index contributed by atoms with van der Waals surface area (Å²) in [6.45, 7) is 0.830. The van der Waals surface area contributed by atoms with Crippen molar-refractivity contribution in [1.82, 2.24) is 0 Å². The van der Waals surface area contributed by atoms with Gasteiger partial charge in [-0.05, 0) is 41.3 Å². The van der Waals surface area contributed by atoms with Crippen LogP contribution in [0, 0.1) is 0 Å². The van der Waals surface area contributed by atoms with E-state index in [-0.39, 0.29) is 6.10 Å². The van der Waals surface area contributed by atoms with E-state index >= 15 is 0 Å². The van der Waals surface area contributed by atoms with Gasteiger partial charge in [0.2, 0.25) is 0 Å². The summed E-state index contributed by atoms with van der Waals surface area (Å²) in [7, 11) is 0. The first-order valence-corrected chi connectivity index (χ1v) is 10.3. The Balaban J connectivity index is 1.48. The number of halogens is 1. The van der Waals surface area contributed by atoms with Crippen LogP contribution < -0.4 is 4.74 Å². The Kier molecular flexibility index (Phi) is 6.60. The van der Waals surface area contributed by atoms with Gasteiger partial charge in [-0.3, -0.25) is 0 Å². The summed E-state index contributed by atoms with van der Waals surface area (Å²) in [5, 5.41) is 40.4. The van der Waals surface area contributed by atoms with Crippen molar-refractivity contribution in [2.45, 2.75) is 43.0 Å². The van der Waals surface area contributed by atoms with Crippen LogP contribution in [0.1, 0.15) is 22.8 Å². The topological polar surface area (TPSA) is 112 Å². The molecule has 4 rings (SSSR count). The number of ether oxygens (including phenoxy) is 3. The maximum absolute atomic E-state index is 10.4. The molecule has 30 heavy (non-hydrogen) atoms. The Morgan fingerprint density at radius 3 is 2.40 bits per heavy atom. The van der Waals surface area contributed by atoms with E-state index in [2.05, 4.69) is 0 Å². The molecule has 0 aromatic heterocycles. The largest absolute Gasteiger partial charge is 0.491 e. The molecule has 8 heteroatoms. The molecule has 162 valence electrons. The summed E-state index contributed by atoms with van der Waals surface area (Å²) in [4.78, 5) is 0. The van der Waals surface area contributed by atoms with Crippen LogP contribution in [0.15, 0.2) is 42.5 Å². The average molecular weight is 437 g/mol. The molecule has 2 saturated heterocycles. The van der Waals surface area contributed by atoms with E-state index in [0.29, 0.717) is 23.6 Å². The van der Waals surface area contributed by atoms with E-state index in [1.165, 1.54) is 0 Å². The Morgan fingerprint density at radius 2 is 1.73 bits per heavy atom. The van der Waals surface area contributed by atoms with Crippen LogP contribution in [0.2, 0.25) is 5.02 Å². The molecule has 0 radical (unpaired) electrons. The molecular formula is C22H25ClO7. The van der Waals surface area contributed by atoms with Crippen LogP contribution in [0.25, 0.3) is 0 Å². The second kappa shape index (κ2) is 9.20. The van der Waals surface area contributed by atoms with Crippen molar-refractivity contribution in [3.05, 3.63) is 64.2 Å². The number of hydrogen-bond donors (Lipinski definition) is 4. The number of hydrogen-bond acceptors (Lipinski definition) is 7. The molecule has 2 heterocycles. The average Bonchev–Trinajstić information content (AvgIpc) is 3.58. The summed E-state index contributed by atoms with van der Waals surface area (Å²) in [6.07, 6.45) is -5.24. The van der Waals surface area contributed by atoms with Crippen molar-refractivity contribution in [3.63, 3.8) is 0 Å². The van der Waals surface area contributed by atoms with Crippen molar-refractivity contribution in [2.24, 2.45) is 0 Å². The molecule has 0 unspecified atom stereocenters. The molecule has 4 N–H and O–H groups in total. The van der Waals surface area contributed by atoms with E-state index in [4.69, 9.17) is 25.8 Å². The second-order valence-corrected chi connectivity index (χ2v) is 8.09. The summed E-state index contributed by atoms with van der Waals surface area (Å²) in [5.41, 5.74) is 2.46. The summed E-state index contributed by atoms with van der Waals surface area (Å²) < 4.78 is 16.4. The van der Waals surface area contributed by atoms with Gasteiger partial charge in [-0.15, -0.1) is 0 Å². The van der Waals surface area contributed by atoms with Gasteiger partial charge in [0.1, 0.15) is 49.0 Å². The summed E-state index contributed by atoms with van der Waals surface area (Å²) in [6, 6.07) is 12.9. The highest BCUT2D eigenvalue weighted by Crippen LogP contribution is 2.34. The van der Waals surface area contributed by atoms with E-state index in [1.807, 2.05) is 30.3 Å². The second-order valence-electron chi connectivity index (χ2n) is 7.69. The highest BCUT2D eigenvalue weighted by molar-refractivity contribution is 6.31. The molecule has 2 fully saturated rings. The van der Waals surface area contributed by atoms with Crippen LogP contribution in [-0.2, 0) is 15.9 Å². The molecule has 0 saturated carbocycles. The van der Waals surface area contributed by atoms with Gasteiger partial charge in [0.15, 0.2) is 0 Å². The Hall–Kier alpha value is -1.71. The quantitative estimate of drug-likeness (QED) is 0.483. The highest BCUT2D eigenvalue weighted by Gasteiger charge is 2.44. The van der Waals surface area contributed by atoms with Crippen LogP contribution >= 0.6 is 11.6 Å². The number of aliphatic hydroxyl groups excluding tert-OH is 4. The van der Waals surface area contributed by atoms with Crippen LogP contribution in [0.4, 0.5) is 0 Å². The summed E-state index contributed by atoms with van der Waals surface area (Å²) in [5.74, 6) is 0.774. The third-order valence-electron chi connectivity index (χ3n) is 5.45. The van der Waals surface area contributed by atoms with E-state index < -0.39 is 37.1 Å². The highest BCUT2D eigenvalue weighted by atomic mass is 35.5. The molecule has 2 aromatic carbocycles. The first kappa shape index (κ1) is 21.5. The number of rotatable bonds is 7. The molecule has 2 aliphatic heterocycles. The lowest BCUT2D eigenvalue weighted by molar-refractivity contribution is -0.231. The molecule has 2 aromatic rings. The molecular weight excluding hydrogens is 412 g/mol. The first-order valence-electron chi connectivity index (χ1n) is 9.88. The van der Waals surface area contributed by atoms with Crippen LogP contribution in [0.5, 0.6) is 5.75 Å². The fourth-order valence-corrected chi connectivity index (χ4v) is 3.75. The van der Waals surface area contributed by atoms with E-state index in [1.54, 1.807) is 12.1 Å². The van der Waals surface area contributed by atoms with Gasteiger partial charge < -0.3 is 34.6 Å². The lowest BCUT2D eigenvalue weighted by atomic mass is 9.90. The molecule has 6 atom stereocenters. The molecule has 0 spiro atoms. The maximum Gasteiger partial charge on any atom is 0.119 e. The van der Waals surface area contributed by atoms with Crippen molar-refractivity contribution < 1.29 is 34.6 Å². The predicted molar refractivity (Wildman–Crippen MR) is 109 cm³/mol. The lowest BCUT2D eigenvalue weighted by Gasteiger charge is -2.40. The SMILES string of the molecule is OC[C@H]1O[C@@H](c2ccc(Cl)c(Cc3ccc(OC[C@H]4CO4)cc3)c2)[C@H](O)[C@@H](O)[C@@H]1O. The van der Waals surface area contributed by atoms with Crippen molar-refractivity contribution in [3.8, 4) is 5.75 Å². The molecule has 0 bridgehead atoms. The fraction of sp³-hybridized carbons (Fsp3) is 0.455. The van der Waals surface area contributed by atoms with Gasteiger partial charge in [0.05, 0.1) is 13.2 Å². The zero-order valence-electron chi connectivity index (χ0n) is 16.2. The predicted octanol–water partition coefficient (Wildman–Crippen LogP) is 1.22. The Labute approximate surface area is 179 Å². The Morgan fingerprint density at radius 1 is 1.00 bits per heavy atom. The third-order valence-corrected chi connectivity index (χ3v) is 5.82. The fourth-order valence-electron chi connectivity index (χ4n) is 3.56. The van der Waals surface area contributed by atoms with Gasteiger partial charge in [-0.1, -0.05) is 35.9 Å². The zero-order chi connectivity index (χ0) is 21.3. The zero-order valence-corrected chi connectivity index (χ0v) is 17.0. The monoisotopic (exact) mass is 436 g/mol. The minimum absolute atomic E-state index is 0.202. The van der Waals surface area contributed by atoms with Crippen LogP contribution in [-0.4, -0.2) is 70.8 Å². The van der Waals surface area contributed by atoms with E-state index in [9.17, 15) is 20.4 Å². The van der Waals surface area contributed by atoms with Gasteiger partial charge in [0, 0.05) is 5.02 Å². The van der Waals surface area contributed by atoms with Crippen LogP contribution in [0.3, 0.4) is 0 Å². The van der Waals surface area contributed by atoms with Gasteiger partial charge in [-0.2, -0.15) is 0 Å². The summed E-state index contributed by atoms with van der Waals surface area (Å²) >= 11 is 6.38. The normalized spacial score (nSPS) is 30.8. The smallest absolute Gasteiger partial charge is 0.119 e. The van der Waals surface area contributed by atoms with Gasteiger partial charge in [-0.25, -0.2) is 0 Å². The number of aliphatic hydroxyl groups is 4. The lowest BCUT2D eigenvalue weighted by Crippen LogP contribution is -2.55. The standard InChI is InChI=1S/C22H25ClO7/c23-17-6-3-13(22-21(27)20(26)19(25)18(9-24)30-22)8-14(17)7-12-1-4-15(5-2-12)28-10-16-11-29-16/h1-6,8,16,18-22,24-27H,7,9-11H2/t16-,18+,19+,20-,21+,22-/m0/s1. The van der Waals surface area contributed by atoms with Crippen molar-refractivity contribution >= 4 is 11.6 Å². The van der Waals surface area contributed by atoms with Gasteiger partial charge in [0.25, 0.3) is 0 Å². The third kappa shape index (κ3) is 4.78. The number of epoxide rings is 1. The molecule has 2 aliphatic rings. The molecule has 0 aliphatic carbocycles.